The van der Waals surface area contributed by atoms with E-state index in [9.17, 15) is 4.79 Å². The summed E-state index contributed by atoms with van der Waals surface area (Å²) in [5.74, 6) is 0.887. The summed E-state index contributed by atoms with van der Waals surface area (Å²) in [5, 5.41) is 3.49. The van der Waals surface area contributed by atoms with Crippen molar-refractivity contribution in [3.63, 3.8) is 0 Å². The molecule has 0 amide bonds. The molecule has 0 bridgehead atoms. The minimum Gasteiger partial charge on any atom is -0.491 e. The first-order chi connectivity index (χ1) is 14.0. The molecule has 5 heteroatoms. The molecule has 0 saturated carbocycles. The minimum absolute atomic E-state index is 0.0595. The van der Waals surface area contributed by atoms with Gasteiger partial charge in [0.2, 0.25) is 0 Å². The summed E-state index contributed by atoms with van der Waals surface area (Å²) in [4.78, 5) is 20.9. The number of aromatic amines is 1. The maximum absolute atomic E-state index is 13.1. The molecular weight excluding hydrogens is 362 g/mol. The Morgan fingerprint density at radius 1 is 1.17 bits per heavy atom. The van der Waals surface area contributed by atoms with Crippen LogP contribution in [0.25, 0.3) is 11.3 Å². The van der Waals surface area contributed by atoms with E-state index in [4.69, 9.17) is 4.74 Å². The highest BCUT2D eigenvalue weighted by atomic mass is 16.5. The fourth-order valence-electron chi connectivity index (χ4n) is 3.96. The van der Waals surface area contributed by atoms with E-state index in [1.807, 2.05) is 36.4 Å². The lowest BCUT2D eigenvalue weighted by Crippen LogP contribution is -2.26. The zero-order chi connectivity index (χ0) is 20.4. The van der Waals surface area contributed by atoms with Crippen LogP contribution in [0.4, 0.5) is 11.4 Å². The second-order valence-electron chi connectivity index (χ2n) is 8.38. The van der Waals surface area contributed by atoms with Gasteiger partial charge in [-0.3, -0.25) is 9.78 Å². The molecule has 5 nitrogen and oxygen atoms in total. The number of anilines is 2. The van der Waals surface area contributed by atoms with E-state index >= 15 is 0 Å². The molecule has 0 unspecified atom stereocenters. The van der Waals surface area contributed by atoms with E-state index in [-0.39, 0.29) is 11.2 Å². The molecular formula is C24H27N3O2. The van der Waals surface area contributed by atoms with Gasteiger partial charge in [0.05, 0.1) is 29.7 Å². The van der Waals surface area contributed by atoms with E-state index in [0.717, 1.165) is 52.5 Å². The summed E-state index contributed by atoms with van der Waals surface area (Å²) in [6, 6.07) is 11.9. The Balaban J connectivity index is 1.87. The van der Waals surface area contributed by atoms with Gasteiger partial charge in [0.25, 0.3) is 0 Å². The predicted octanol–water partition coefficient (Wildman–Crippen LogP) is 5.76. The van der Waals surface area contributed by atoms with Crippen LogP contribution in [0.2, 0.25) is 0 Å². The molecule has 0 spiro atoms. The van der Waals surface area contributed by atoms with Crippen molar-refractivity contribution < 1.29 is 9.53 Å². The number of benzene rings is 1. The van der Waals surface area contributed by atoms with Crippen molar-refractivity contribution in [1.82, 2.24) is 9.97 Å². The van der Waals surface area contributed by atoms with Gasteiger partial charge in [0, 0.05) is 29.6 Å². The quantitative estimate of drug-likeness (QED) is 0.562. The number of fused-ring (bicyclic) bond motifs is 1. The van der Waals surface area contributed by atoms with Crippen LogP contribution in [0, 0.1) is 5.41 Å². The molecule has 2 aromatic heterocycles. The van der Waals surface area contributed by atoms with Gasteiger partial charge >= 0.3 is 0 Å². The Labute approximate surface area is 171 Å². The highest BCUT2D eigenvalue weighted by Gasteiger charge is 2.36. The van der Waals surface area contributed by atoms with Crippen molar-refractivity contribution in [2.75, 3.05) is 11.9 Å². The lowest BCUT2D eigenvalue weighted by molar-refractivity contribution is 0.0912. The molecule has 1 aliphatic rings. The fraction of sp³-hybridized carbons (Fsp3) is 0.333. The lowest BCUT2D eigenvalue weighted by atomic mass is 9.76. The summed E-state index contributed by atoms with van der Waals surface area (Å²) in [5.41, 5.74) is 5.23. The SMILES string of the molecule is CCCOc1cnccc1-c1[nH]c2c(c1Nc1ccccc1)C(=O)CC(C)(C)C2. The molecule has 0 aliphatic heterocycles. The first-order valence-electron chi connectivity index (χ1n) is 10.2. The standard InChI is InChI=1S/C24H27N3O2/c1-4-12-29-20-15-25-11-10-17(20)22-23(26-16-8-6-5-7-9-16)21-18(27-22)13-24(2,3)14-19(21)28/h5-11,15,26-27H,4,12-14H2,1-3H3. The number of para-hydroxylation sites is 1. The van der Waals surface area contributed by atoms with Crippen molar-refractivity contribution in [3.05, 3.63) is 60.0 Å². The average molecular weight is 389 g/mol. The summed E-state index contributed by atoms with van der Waals surface area (Å²) >= 11 is 0. The fourth-order valence-corrected chi connectivity index (χ4v) is 3.96. The van der Waals surface area contributed by atoms with E-state index in [1.54, 1.807) is 12.4 Å². The second kappa shape index (κ2) is 7.74. The number of Topliss-reactive ketones (excluding diaryl/α,β-unsaturated/α-hetero) is 1. The molecule has 3 aromatic rings. The largest absolute Gasteiger partial charge is 0.491 e. The van der Waals surface area contributed by atoms with Crippen molar-refractivity contribution in [2.45, 2.75) is 40.0 Å². The Hall–Kier alpha value is -3.08. The number of ether oxygens (including phenoxy) is 1. The van der Waals surface area contributed by atoms with Gasteiger partial charge < -0.3 is 15.0 Å². The Kier molecular flexibility index (Phi) is 5.14. The molecule has 0 fully saturated rings. The Morgan fingerprint density at radius 2 is 1.97 bits per heavy atom. The van der Waals surface area contributed by atoms with Crippen LogP contribution in [0.1, 0.15) is 49.7 Å². The van der Waals surface area contributed by atoms with E-state index in [0.29, 0.717) is 13.0 Å². The molecule has 0 radical (unpaired) electrons. The van der Waals surface area contributed by atoms with Gasteiger partial charge in [0.15, 0.2) is 5.78 Å². The third kappa shape index (κ3) is 3.90. The first kappa shape index (κ1) is 19.2. The van der Waals surface area contributed by atoms with Crippen molar-refractivity contribution in [2.24, 2.45) is 5.41 Å². The zero-order valence-electron chi connectivity index (χ0n) is 17.2. The predicted molar refractivity (Wildman–Crippen MR) is 116 cm³/mol. The van der Waals surface area contributed by atoms with Gasteiger partial charge in [-0.2, -0.15) is 0 Å². The van der Waals surface area contributed by atoms with Crippen LogP contribution in [0.15, 0.2) is 48.8 Å². The van der Waals surface area contributed by atoms with Crippen molar-refractivity contribution in [3.8, 4) is 17.0 Å². The third-order valence-electron chi connectivity index (χ3n) is 5.21. The van der Waals surface area contributed by atoms with Crippen LogP contribution >= 0.6 is 0 Å². The van der Waals surface area contributed by atoms with Gasteiger partial charge in [-0.15, -0.1) is 0 Å². The van der Waals surface area contributed by atoms with E-state index in [1.165, 1.54) is 0 Å². The maximum Gasteiger partial charge on any atom is 0.167 e. The average Bonchev–Trinajstić information content (AvgIpc) is 3.04. The van der Waals surface area contributed by atoms with Crippen LogP contribution < -0.4 is 10.1 Å². The first-order valence-corrected chi connectivity index (χ1v) is 10.2. The number of aromatic nitrogens is 2. The Morgan fingerprint density at radius 3 is 2.72 bits per heavy atom. The highest BCUT2D eigenvalue weighted by molar-refractivity contribution is 6.08. The summed E-state index contributed by atoms with van der Waals surface area (Å²) < 4.78 is 5.95. The van der Waals surface area contributed by atoms with Crippen molar-refractivity contribution in [1.29, 1.82) is 0 Å². The number of pyridine rings is 1. The maximum atomic E-state index is 13.1. The molecule has 4 rings (SSSR count). The number of H-pyrrole nitrogens is 1. The summed E-state index contributed by atoms with van der Waals surface area (Å²) in [6.45, 7) is 6.97. The van der Waals surface area contributed by atoms with Crippen LogP contribution in [-0.4, -0.2) is 22.4 Å². The van der Waals surface area contributed by atoms with Gasteiger partial charge in [-0.25, -0.2) is 0 Å². The molecule has 29 heavy (non-hydrogen) atoms. The number of rotatable bonds is 6. The van der Waals surface area contributed by atoms with Gasteiger partial charge in [0.1, 0.15) is 5.75 Å². The summed E-state index contributed by atoms with van der Waals surface area (Å²) in [7, 11) is 0. The van der Waals surface area contributed by atoms with E-state index < -0.39 is 0 Å². The number of hydrogen-bond acceptors (Lipinski definition) is 4. The lowest BCUT2D eigenvalue weighted by Gasteiger charge is -2.28. The molecule has 0 atom stereocenters. The molecule has 1 aromatic carbocycles. The number of carbonyl (C=O) groups excluding carboxylic acids is 1. The third-order valence-corrected chi connectivity index (χ3v) is 5.21. The second-order valence-corrected chi connectivity index (χ2v) is 8.38. The number of nitrogens with zero attached hydrogens (tertiary/aromatic N) is 1. The number of nitrogens with one attached hydrogen (secondary N) is 2. The van der Waals surface area contributed by atoms with Crippen LogP contribution in [-0.2, 0) is 6.42 Å². The molecule has 0 saturated heterocycles. The number of hydrogen-bond donors (Lipinski definition) is 2. The molecule has 150 valence electrons. The topological polar surface area (TPSA) is 67.0 Å². The number of carbonyl (C=O) groups is 1. The molecule has 1 aliphatic carbocycles. The zero-order valence-corrected chi connectivity index (χ0v) is 17.2. The van der Waals surface area contributed by atoms with Gasteiger partial charge in [-0.05, 0) is 36.5 Å². The monoisotopic (exact) mass is 389 g/mol. The highest BCUT2D eigenvalue weighted by Crippen LogP contribution is 2.44. The van der Waals surface area contributed by atoms with Crippen molar-refractivity contribution >= 4 is 17.2 Å². The summed E-state index contributed by atoms with van der Waals surface area (Å²) in [6.07, 6.45) is 5.77. The molecule has 2 heterocycles. The van der Waals surface area contributed by atoms with Crippen LogP contribution in [0.5, 0.6) is 5.75 Å². The normalized spacial score (nSPS) is 15.1. The minimum atomic E-state index is -0.0595. The number of ketones is 1. The van der Waals surface area contributed by atoms with E-state index in [2.05, 4.69) is 36.1 Å². The molecule has 2 N–H and O–H groups in total. The van der Waals surface area contributed by atoms with Gasteiger partial charge in [-0.1, -0.05) is 39.0 Å². The van der Waals surface area contributed by atoms with Crippen LogP contribution in [0.3, 0.4) is 0 Å². The smallest absolute Gasteiger partial charge is 0.167 e. The Bertz CT molecular complexity index is 1020.